The predicted octanol–water partition coefficient (Wildman–Crippen LogP) is 5.11. The maximum Gasteiger partial charge on any atom is 0.295 e. The fourth-order valence-electron chi connectivity index (χ4n) is 4.08. The maximum absolute atomic E-state index is 13.1. The van der Waals surface area contributed by atoms with Crippen molar-refractivity contribution in [3.8, 4) is 11.5 Å². The molecule has 0 bridgehead atoms. The van der Waals surface area contributed by atoms with E-state index in [0.29, 0.717) is 29.2 Å². The zero-order valence-corrected chi connectivity index (χ0v) is 21.0. The van der Waals surface area contributed by atoms with Gasteiger partial charge in [0.25, 0.3) is 11.7 Å². The Morgan fingerprint density at radius 3 is 2.43 bits per heavy atom. The summed E-state index contributed by atoms with van der Waals surface area (Å²) in [6.07, 6.45) is 3.16. The van der Waals surface area contributed by atoms with Gasteiger partial charge in [0.15, 0.2) is 0 Å². The van der Waals surface area contributed by atoms with Gasteiger partial charge < -0.3 is 24.2 Å². The highest BCUT2D eigenvalue weighted by atomic mass is 16.5. The summed E-state index contributed by atoms with van der Waals surface area (Å²) >= 11 is 0. The van der Waals surface area contributed by atoms with E-state index in [1.54, 1.807) is 30.3 Å². The average Bonchev–Trinajstić information content (AvgIpc) is 3.10. The number of nitrogens with zero attached hydrogens (tertiary/aromatic N) is 1. The second-order valence-corrected chi connectivity index (χ2v) is 8.80. The number of benzene rings is 2. The number of rotatable bonds is 12. The van der Waals surface area contributed by atoms with Crippen LogP contribution in [0.3, 0.4) is 0 Å². The number of hydrogen-bond donors (Lipinski definition) is 1. The molecule has 1 unspecified atom stereocenters. The maximum atomic E-state index is 13.1. The Kier molecular flexibility index (Phi) is 9.32. The van der Waals surface area contributed by atoms with Crippen LogP contribution < -0.4 is 9.47 Å². The van der Waals surface area contributed by atoms with Crippen molar-refractivity contribution in [3.63, 3.8) is 0 Å². The van der Waals surface area contributed by atoms with Gasteiger partial charge in [-0.15, -0.1) is 0 Å². The first-order valence-electron chi connectivity index (χ1n) is 12.1. The number of carbonyl (C=O) groups excluding carboxylic acids is 2. The molecule has 1 fully saturated rings. The number of Topliss-reactive ketones (excluding diaryl/α,β-unsaturated/α-hetero) is 1. The Labute approximate surface area is 207 Å². The summed E-state index contributed by atoms with van der Waals surface area (Å²) in [4.78, 5) is 27.5. The number of likely N-dealkylation sites (tertiary alicyclic amines) is 1. The SMILES string of the molecule is CCCCCOc1ccc(/C(O)=C2/C(=O)C(=O)N(CCOC)C2c2cccc(OC(C)C)c2)cc1. The molecular weight excluding hydrogens is 446 g/mol. The molecule has 7 nitrogen and oxygen atoms in total. The lowest BCUT2D eigenvalue weighted by molar-refractivity contribution is -0.140. The average molecular weight is 482 g/mol. The quantitative estimate of drug-likeness (QED) is 0.196. The molecule has 188 valence electrons. The number of ketones is 1. The van der Waals surface area contributed by atoms with Crippen LogP contribution in [0.5, 0.6) is 11.5 Å². The third-order valence-electron chi connectivity index (χ3n) is 5.77. The van der Waals surface area contributed by atoms with Gasteiger partial charge >= 0.3 is 0 Å². The molecule has 1 aliphatic rings. The minimum absolute atomic E-state index is 0.0344. The van der Waals surface area contributed by atoms with Crippen LogP contribution in [-0.4, -0.2) is 54.7 Å². The van der Waals surface area contributed by atoms with Crippen molar-refractivity contribution in [2.24, 2.45) is 0 Å². The number of unbranched alkanes of at least 4 members (excludes halogenated alkanes) is 2. The highest BCUT2D eigenvalue weighted by Gasteiger charge is 2.46. The molecule has 2 aromatic carbocycles. The van der Waals surface area contributed by atoms with E-state index in [4.69, 9.17) is 14.2 Å². The molecule has 1 atom stereocenters. The number of amides is 1. The summed E-state index contributed by atoms with van der Waals surface area (Å²) in [6, 6.07) is 13.4. The summed E-state index contributed by atoms with van der Waals surface area (Å²) in [5.41, 5.74) is 1.16. The number of hydrogen-bond acceptors (Lipinski definition) is 6. The molecule has 1 N–H and O–H groups in total. The van der Waals surface area contributed by atoms with E-state index in [2.05, 4.69) is 6.92 Å². The molecule has 3 rings (SSSR count). The van der Waals surface area contributed by atoms with Gasteiger partial charge in [-0.2, -0.15) is 0 Å². The molecule has 1 saturated heterocycles. The van der Waals surface area contributed by atoms with Gasteiger partial charge in [-0.25, -0.2) is 0 Å². The number of aliphatic hydroxyl groups is 1. The molecule has 0 radical (unpaired) electrons. The second kappa shape index (κ2) is 12.4. The lowest BCUT2D eigenvalue weighted by Gasteiger charge is -2.25. The molecule has 1 heterocycles. The number of methoxy groups -OCH3 is 1. The lowest BCUT2D eigenvalue weighted by atomic mass is 9.95. The van der Waals surface area contributed by atoms with Crippen molar-refractivity contribution in [1.82, 2.24) is 4.90 Å². The summed E-state index contributed by atoms with van der Waals surface area (Å²) in [7, 11) is 1.54. The van der Waals surface area contributed by atoms with Crippen LogP contribution in [-0.2, 0) is 14.3 Å². The number of carbonyl (C=O) groups is 2. The monoisotopic (exact) mass is 481 g/mol. The molecule has 0 spiro atoms. The van der Waals surface area contributed by atoms with Crippen molar-refractivity contribution < 1.29 is 28.9 Å². The minimum atomic E-state index is -0.758. The van der Waals surface area contributed by atoms with Crippen LogP contribution in [0.15, 0.2) is 54.1 Å². The largest absolute Gasteiger partial charge is 0.507 e. The molecule has 35 heavy (non-hydrogen) atoms. The van der Waals surface area contributed by atoms with Gasteiger partial charge in [0.05, 0.1) is 30.9 Å². The topological polar surface area (TPSA) is 85.3 Å². The zero-order chi connectivity index (χ0) is 25.4. The number of aliphatic hydroxyl groups excluding tert-OH is 1. The zero-order valence-electron chi connectivity index (χ0n) is 21.0. The van der Waals surface area contributed by atoms with E-state index in [9.17, 15) is 14.7 Å². The van der Waals surface area contributed by atoms with Gasteiger partial charge in [0, 0.05) is 19.2 Å². The molecule has 1 amide bonds. The van der Waals surface area contributed by atoms with E-state index < -0.39 is 17.7 Å². The van der Waals surface area contributed by atoms with Crippen molar-refractivity contribution in [2.45, 2.75) is 52.2 Å². The second-order valence-electron chi connectivity index (χ2n) is 8.80. The van der Waals surface area contributed by atoms with Crippen molar-refractivity contribution in [1.29, 1.82) is 0 Å². The van der Waals surface area contributed by atoms with Gasteiger partial charge in [-0.3, -0.25) is 9.59 Å². The molecule has 1 aliphatic heterocycles. The molecule has 0 aliphatic carbocycles. The Bertz CT molecular complexity index is 1040. The van der Waals surface area contributed by atoms with Crippen LogP contribution in [0.4, 0.5) is 0 Å². The van der Waals surface area contributed by atoms with Gasteiger partial charge in [-0.1, -0.05) is 31.9 Å². The van der Waals surface area contributed by atoms with Crippen molar-refractivity contribution >= 4 is 17.4 Å². The fourth-order valence-corrected chi connectivity index (χ4v) is 4.08. The van der Waals surface area contributed by atoms with E-state index in [-0.39, 0.29) is 30.6 Å². The first-order valence-corrected chi connectivity index (χ1v) is 12.1. The smallest absolute Gasteiger partial charge is 0.295 e. The molecule has 2 aromatic rings. The van der Waals surface area contributed by atoms with E-state index in [1.165, 1.54) is 12.0 Å². The Morgan fingerprint density at radius 1 is 1.03 bits per heavy atom. The van der Waals surface area contributed by atoms with Crippen molar-refractivity contribution in [2.75, 3.05) is 26.9 Å². The Morgan fingerprint density at radius 2 is 1.77 bits per heavy atom. The molecule has 7 heteroatoms. The third-order valence-corrected chi connectivity index (χ3v) is 5.77. The summed E-state index contributed by atoms with van der Waals surface area (Å²) in [5.74, 6) is -0.299. The first kappa shape index (κ1) is 26.3. The molecule has 0 aromatic heterocycles. The number of ether oxygens (including phenoxy) is 3. The minimum Gasteiger partial charge on any atom is -0.507 e. The molecular formula is C28H35NO6. The standard InChI is InChI=1S/C28H35NO6/c1-5-6-7-16-34-22-13-11-20(12-14-22)26(30)24-25(29(15-17-33-4)28(32)27(24)31)21-9-8-10-23(18-21)35-19(2)3/h8-14,18-19,25,30H,5-7,15-17H2,1-4H3/b26-24-. The summed E-state index contributed by atoms with van der Waals surface area (Å²) in [5, 5.41) is 11.2. The van der Waals surface area contributed by atoms with Gasteiger partial charge in [-0.05, 0) is 62.2 Å². The predicted molar refractivity (Wildman–Crippen MR) is 135 cm³/mol. The van der Waals surface area contributed by atoms with Crippen LogP contribution in [0, 0.1) is 0 Å². The van der Waals surface area contributed by atoms with Crippen LogP contribution in [0.1, 0.15) is 57.2 Å². The van der Waals surface area contributed by atoms with E-state index in [1.807, 2.05) is 32.0 Å². The van der Waals surface area contributed by atoms with Crippen LogP contribution in [0.25, 0.3) is 5.76 Å². The van der Waals surface area contributed by atoms with E-state index >= 15 is 0 Å². The van der Waals surface area contributed by atoms with Crippen LogP contribution in [0.2, 0.25) is 0 Å². The Balaban J connectivity index is 1.98. The fraction of sp³-hybridized carbons (Fsp3) is 0.429. The van der Waals surface area contributed by atoms with Gasteiger partial charge in [0.2, 0.25) is 0 Å². The summed E-state index contributed by atoms with van der Waals surface area (Å²) < 4.78 is 16.7. The van der Waals surface area contributed by atoms with Crippen LogP contribution >= 0.6 is 0 Å². The highest BCUT2D eigenvalue weighted by Crippen LogP contribution is 2.40. The van der Waals surface area contributed by atoms with Gasteiger partial charge in [0.1, 0.15) is 17.3 Å². The lowest BCUT2D eigenvalue weighted by Crippen LogP contribution is -2.32. The van der Waals surface area contributed by atoms with Crippen molar-refractivity contribution in [3.05, 3.63) is 65.2 Å². The summed E-state index contributed by atoms with van der Waals surface area (Å²) in [6.45, 7) is 7.08. The third kappa shape index (κ3) is 6.42. The molecule has 0 saturated carbocycles. The Hall–Kier alpha value is -3.32. The van der Waals surface area contributed by atoms with E-state index in [0.717, 1.165) is 19.3 Å². The normalized spacial score (nSPS) is 17.3. The first-order chi connectivity index (χ1) is 16.9. The highest BCUT2D eigenvalue weighted by molar-refractivity contribution is 6.46.